The normalized spacial score (nSPS) is 14.1. The van der Waals surface area contributed by atoms with Crippen molar-refractivity contribution in [3.05, 3.63) is 54.1 Å². The molecule has 1 aliphatic rings. The molecule has 1 saturated carbocycles. The van der Waals surface area contributed by atoms with E-state index in [1.807, 2.05) is 24.3 Å². The fraction of sp³-hybridized carbons (Fsp3) is 0.300. The molecular weight excluding hydrogens is 316 g/mol. The first kappa shape index (κ1) is 17.0. The van der Waals surface area contributed by atoms with Gasteiger partial charge in [-0.15, -0.1) is 0 Å². The van der Waals surface area contributed by atoms with Crippen LogP contribution in [0.15, 0.2) is 48.5 Å². The minimum absolute atomic E-state index is 0.142. The number of benzene rings is 2. The standard InChI is InChI=1S/C20H22N2O3/c1-14(23)21-16-8-6-15(7-9-16)20(24)22-17-10-12-19(13-11-17)25-18-4-2-3-5-18/h6-13,18H,2-5H2,1H3,(H,21,23)(H,22,24). The summed E-state index contributed by atoms with van der Waals surface area (Å²) >= 11 is 0. The van der Waals surface area contributed by atoms with Crippen molar-refractivity contribution >= 4 is 23.2 Å². The number of nitrogens with one attached hydrogen (secondary N) is 2. The summed E-state index contributed by atoms with van der Waals surface area (Å²) in [7, 11) is 0. The van der Waals surface area contributed by atoms with Crippen molar-refractivity contribution in [1.82, 2.24) is 0 Å². The van der Waals surface area contributed by atoms with Crippen LogP contribution in [0.2, 0.25) is 0 Å². The monoisotopic (exact) mass is 338 g/mol. The molecule has 25 heavy (non-hydrogen) atoms. The van der Waals surface area contributed by atoms with E-state index < -0.39 is 0 Å². The van der Waals surface area contributed by atoms with Gasteiger partial charge in [-0.25, -0.2) is 0 Å². The van der Waals surface area contributed by atoms with E-state index in [0.717, 1.165) is 24.3 Å². The fourth-order valence-corrected chi connectivity index (χ4v) is 2.93. The minimum atomic E-state index is -0.196. The molecule has 0 heterocycles. The smallest absolute Gasteiger partial charge is 0.255 e. The van der Waals surface area contributed by atoms with E-state index in [-0.39, 0.29) is 11.8 Å². The van der Waals surface area contributed by atoms with Gasteiger partial charge in [0.2, 0.25) is 5.91 Å². The van der Waals surface area contributed by atoms with Gasteiger partial charge in [-0.05, 0) is 74.2 Å². The first-order valence-corrected chi connectivity index (χ1v) is 8.56. The molecule has 1 aliphatic carbocycles. The van der Waals surface area contributed by atoms with Gasteiger partial charge in [-0.3, -0.25) is 9.59 Å². The molecule has 0 saturated heterocycles. The zero-order valence-corrected chi connectivity index (χ0v) is 14.2. The average molecular weight is 338 g/mol. The summed E-state index contributed by atoms with van der Waals surface area (Å²) in [6.07, 6.45) is 5.03. The molecule has 130 valence electrons. The zero-order valence-electron chi connectivity index (χ0n) is 14.2. The van der Waals surface area contributed by atoms with Crippen molar-refractivity contribution < 1.29 is 14.3 Å². The highest BCUT2D eigenvalue weighted by molar-refractivity contribution is 6.04. The van der Waals surface area contributed by atoms with Crippen molar-refractivity contribution in [3.8, 4) is 5.75 Å². The Morgan fingerprint density at radius 2 is 1.44 bits per heavy atom. The second kappa shape index (κ2) is 7.83. The van der Waals surface area contributed by atoms with Crippen LogP contribution in [0.1, 0.15) is 43.0 Å². The Kier molecular flexibility index (Phi) is 5.33. The molecule has 2 aromatic rings. The molecule has 0 spiro atoms. The maximum Gasteiger partial charge on any atom is 0.255 e. The molecule has 2 N–H and O–H groups in total. The Hall–Kier alpha value is -2.82. The van der Waals surface area contributed by atoms with Crippen molar-refractivity contribution in [1.29, 1.82) is 0 Å². The van der Waals surface area contributed by atoms with E-state index in [1.165, 1.54) is 19.8 Å². The van der Waals surface area contributed by atoms with Gasteiger partial charge in [0, 0.05) is 23.9 Å². The van der Waals surface area contributed by atoms with Gasteiger partial charge in [-0.2, -0.15) is 0 Å². The van der Waals surface area contributed by atoms with Gasteiger partial charge in [0.1, 0.15) is 5.75 Å². The van der Waals surface area contributed by atoms with Crippen LogP contribution < -0.4 is 15.4 Å². The molecule has 0 aliphatic heterocycles. The van der Waals surface area contributed by atoms with E-state index in [1.54, 1.807) is 24.3 Å². The van der Waals surface area contributed by atoms with E-state index in [4.69, 9.17) is 4.74 Å². The molecule has 0 radical (unpaired) electrons. The summed E-state index contributed by atoms with van der Waals surface area (Å²) in [5.41, 5.74) is 1.91. The number of hydrogen-bond acceptors (Lipinski definition) is 3. The third kappa shape index (κ3) is 4.83. The zero-order chi connectivity index (χ0) is 17.6. The lowest BCUT2D eigenvalue weighted by Gasteiger charge is -2.13. The lowest BCUT2D eigenvalue weighted by Crippen LogP contribution is -2.13. The van der Waals surface area contributed by atoms with Crippen molar-refractivity contribution in [2.75, 3.05) is 10.6 Å². The number of anilines is 2. The summed E-state index contributed by atoms with van der Waals surface area (Å²) in [6.45, 7) is 1.45. The molecule has 5 nitrogen and oxygen atoms in total. The topological polar surface area (TPSA) is 67.4 Å². The summed E-state index contributed by atoms with van der Waals surface area (Å²) in [5.74, 6) is 0.500. The van der Waals surface area contributed by atoms with Crippen LogP contribution in [-0.4, -0.2) is 17.9 Å². The highest BCUT2D eigenvalue weighted by Gasteiger charge is 2.16. The minimum Gasteiger partial charge on any atom is -0.490 e. The van der Waals surface area contributed by atoms with Gasteiger partial charge >= 0.3 is 0 Å². The molecule has 1 fully saturated rings. The molecule has 0 bridgehead atoms. The van der Waals surface area contributed by atoms with Crippen LogP contribution in [0.3, 0.4) is 0 Å². The van der Waals surface area contributed by atoms with Crippen molar-refractivity contribution in [3.63, 3.8) is 0 Å². The molecule has 2 amide bonds. The predicted octanol–water partition coefficient (Wildman–Crippen LogP) is 4.22. The Morgan fingerprint density at radius 3 is 2.04 bits per heavy atom. The van der Waals surface area contributed by atoms with Crippen LogP contribution in [-0.2, 0) is 4.79 Å². The number of carbonyl (C=O) groups excluding carboxylic acids is 2. The first-order valence-electron chi connectivity index (χ1n) is 8.56. The number of rotatable bonds is 5. The molecule has 0 aromatic heterocycles. The highest BCUT2D eigenvalue weighted by Crippen LogP contribution is 2.25. The van der Waals surface area contributed by atoms with Crippen LogP contribution in [0.4, 0.5) is 11.4 Å². The van der Waals surface area contributed by atoms with E-state index in [0.29, 0.717) is 17.4 Å². The molecule has 3 rings (SSSR count). The SMILES string of the molecule is CC(=O)Nc1ccc(C(=O)Nc2ccc(OC3CCCC3)cc2)cc1. The third-order valence-corrected chi connectivity index (χ3v) is 4.18. The Bertz CT molecular complexity index is 733. The van der Waals surface area contributed by atoms with Crippen LogP contribution >= 0.6 is 0 Å². The Morgan fingerprint density at radius 1 is 0.880 bits per heavy atom. The van der Waals surface area contributed by atoms with Gasteiger partial charge in [0.05, 0.1) is 6.10 Å². The summed E-state index contributed by atoms with van der Waals surface area (Å²) in [6, 6.07) is 14.2. The van der Waals surface area contributed by atoms with E-state index in [9.17, 15) is 9.59 Å². The van der Waals surface area contributed by atoms with Crippen molar-refractivity contribution in [2.45, 2.75) is 38.7 Å². The largest absolute Gasteiger partial charge is 0.490 e. The second-order valence-corrected chi connectivity index (χ2v) is 6.26. The molecule has 0 atom stereocenters. The Balaban J connectivity index is 1.57. The van der Waals surface area contributed by atoms with E-state index >= 15 is 0 Å². The molecular formula is C20H22N2O3. The van der Waals surface area contributed by atoms with Crippen molar-refractivity contribution in [2.24, 2.45) is 0 Å². The summed E-state index contributed by atoms with van der Waals surface area (Å²) in [5, 5.41) is 5.53. The predicted molar refractivity (Wildman–Crippen MR) is 98.0 cm³/mol. The lowest BCUT2D eigenvalue weighted by atomic mass is 10.2. The maximum atomic E-state index is 12.3. The average Bonchev–Trinajstić information content (AvgIpc) is 3.10. The van der Waals surface area contributed by atoms with Gasteiger partial charge < -0.3 is 15.4 Å². The second-order valence-electron chi connectivity index (χ2n) is 6.26. The number of hydrogen-bond donors (Lipinski definition) is 2. The summed E-state index contributed by atoms with van der Waals surface area (Å²) < 4.78 is 5.92. The fourth-order valence-electron chi connectivity index (χ4n) is 2.93. The highest BCUT2D eigenvalue weighted by atomic mass is 16.5. The molecule has 5 heteroatoms. The number of ether oxygens (including phenoxy) is 1. The van der Waals surface area contributed by atoms with Gasteiger partial charge in [0.15, 0.2) is 0 Å². The van der Waals surface area contributed by atoms with Crippen LogP contribution in [0.25, 0.3) is 0 Å². The van der Waals surface area contributed by atoms with E-state index in [2.05, 4.69) is 10.6 Å². The maximum absolute atomic E-state index is 12.3. The van der Waals surface area contributed by atoms with Crippen LogP contribution in [0, 0.1) is 0 Å². The van der Waals surface area contributed by atoms with Gasteiger partial charge in [-0.1, -0.05) is 0 Å². The number of carbonyl (C=O) groups is 2. The Labute approximate surface area is 147 Å². The number of amides is 2. The third-order valence-electron chi connectivity index (χ3n) is 4.18. The van der Waals surface area contributed by atoms with Gasteiger partial charge in [0.25, 0.3) is 5.91 Å². The first-order chi connectivity index (χ1) is 12.1. The quantitative estimate of drug-likeness (QED) is 0.858. The summed E-state index contributed by atoms with van der Waals surface area (Å²) in [4.78, 5) is 23.3. The lowest BCUT2D eigenvalue weighted by molar-refractivity contribution is -0.114. The molecule has 0 unspecified atom stereocenters. The van der Waals surface area contributed by atoms with Crippen LogP contribution in [0.5, 0.6) is 5.75 Å². The molecule has 2 aromatic carbocycles.